The predicted molar refractivity (Wildman–Crippen MR) is 67.2 cm³/mol. The van der Waals surface area contributed by atoms with E-state index >= 15 is 0 Å². The summed E-state index contributed by atoms with van der Waals surface area (Å²) in [5.74, 6) is 1.53. The topological polar surface area (TPSA) is 40.5 Å². The van der Waals surface area contributed by atoms with Gasteiger partial charge < -0.3 is 10.0 Å². The summed E-state index contributed by atoms with van der Waals surface area (Å²) in [7, 11) is -0.629. The summed E-state index contributed by atoms with van der Waals surface area (Å²) in [4.78, 5) is 2.28. The zero-order chi connectivity index (χ0) is 11.5. The minimum atomic E-state index is -0.629. The van der Waals surface area contributed by atoms with Crippen molar-refractivity contribution in [2.75, 3.05) is 29.5 Å². The Balaban J connectivity index is 2.17. The average molecular weight is 239 g/mol. The van der Waals surface area contributed by atoms with Crippen LogP contribution in [0.2, 0.25) is 0 Å². The first-order valence-corrected chi connectivity index (χ1v) is 7.00. The molecule has 1 aromatic carbocycles. The predicted octanol–water partition coefficient (Wildman–Crippen LogP) is 1.06. The monoisotopic (exact) mass is 239 g/mol. The van der Waals surface area contributed by atoms with E-state index in [9.17, 15) is 4.21 Å². The van der Waals surface area contributed by atoms with Gasteiger partial charge in [0.1, 0.15) is 0 Å². The summed E-state index contributed by atoms with van der Waals surface area (Å²) in [6, 6.07) is 6.02. The third-order valence-corrected chi connectivity index (χ3v) is 4.24. The van der Waals surface area contributed by atoms with Gasteiger partial charge in [-0.25, -0.2) is 0 Å². The molecule has 0 aliphatic carbocycles. The molecule has 1 aliphatic rings. The van der Waals surface area contributed by atoms with E-state index in [0.29, 0.717) is 0 Å². The van der Waals surface area contributed by atoms with Crippen molar-refractivity contribution < 1.29 is 9.32 Å². The maximum Gasteiger partial charge on any atom is 0.0681 e. The molecule has 0 amide bonds. The van der Waals surface area contributed by atoms with Gasteiger partial charge in [0.25, 0.3) is 0 Å². The summed E-state index contributed by atoms with van der Waals surface area (Å²) < 4.78 is 11.3. The number of rotatable bonds is 2. The molecule has 3 nitrogen and oxygen atoms in total. The number of benzene rings is 1. The van der Waals surface area contributed by atoms with Gasteiger partial charge in [0, 0.05) is 41.1 Å². The number of nitrogens with zero attached hydrogens (tertiary/aromatic N) is 1. The molecule has 88 valence electrons. The van der Waals surface area contributed by atoms with Crippen molar-refractivity contribution in [2.24, 2.45) is 0 Å². The zero-order valence-corrected chi connectivity index (χ0v) is 10.3. The van der Waals surface area contributed by atoms with E-state index in [0.717, 1.165) is 30.2 Å². The molecule has 1 saturated heterocycles. The second-order valence-electron chi connectivity index (χ2n) is 4.11. The van der Waals surface area contributed by atoms with Crippen LogP contribution in [-0.2, 0) is 17.4 Å². The molecular weight excluding hydrogens is 222 g/mol. The first-order valence-electron chi connectivity index (χ1n) is 5.51. The van der Waals surface area contributed by atoms with Crippen LogP contribution in [-0.4, -0.2) is 33.9 Å². The SMILES string of the molecule is Cc1cc(CO)ccc1N1CCS(=O)CC1. The second-order valence-corrected chi connectivity index (χ2v) is 5.81. The number of hydrogen-bond acceptors (Lipinski definition) is 3. The molecule has 1 heterocycles. The highest BCUT2D eigenvalue weighted by atomic mass is 32.2. The van der Waals surface area contributed by atoms with Gasteiger partial charge in [0.2, 0.25) is 0 Å². The van der Waals surface area contributed by atoms with Crippen LogP contribution in [0, 0.1) is 6.92 Å². The lowest BCUT2D eigenvalue weighted by Crippen LogP contribution is -2.38. The standard InChI is InChI=1S/C12H17NO2S/c1-10-8-11(9-14)2-3-12(10)13-4-6-16(15)7-5-13/h2-3,8,14H,4-7,9H2,1H3. The van der Waals surface area contributed by atoms with Gasteiger partial charge in [-0.3, -0.25) is 4.21 Å². The number of hydrogen-bond donors (Lipinski definition) is 1. The van der Waals surface area contributed by atoms with Gasteiger partial charge in [0.15, 0.2) is 0 Å². The molecule has 2 rings (SSSR count). The molecule has 0 saturated carbocycles. The van der Waals surface area contributed by atoms with E-state index in [1.807, 2.05) is 12.1 Å². The highest BCUT2D eigenvalue weighted by Crippen LogP contribution is 2.22. The Morgan fingerprint density at radius 2 is 2.06 bits per heavy atom. The van der Waals surface area contributed by atoms with E-state index in [4.69, 9.17) is 5.11 Å². The summed E-state index contributed by atoms with van der Waals surface area (Å²) in [5.41, 5.74) is 3.33. The summed E-state index contributed by atoms with van der Waals surface area (Å²) >= 11 is 0. The Hall–Kier alpha value is -0.870. The number of aliphatic hydroxyl groups excluding tert-OH is 1. The van der Waals surface area contributed by atoms with Crippen LogP contribution in [0.3, 0.4) is 0 Å². The fourth-order valence-electron chi connectivity index (χ4n) is 2.05. The van der Waals surface area contributed by atoms with Crippen molar-refractivity contribution in [2.45, 2.75) is 13.5 Å². The molecule has 16 heavy (non-hydrogen) atoms. The highest BCUT2D eigenvalue weighted by molar-refractivity contribution is 7.85. The van der Waals surface area contributed by atoms with E-state index < -0.39 is 10.8 Å². The summed E-state index contributed by atoms with van der Waals surface area (Å²) in [6.45, 7) is 3.88. The number of aryl methyl sites for hydroxylation is 1. The van der Waals surface area contributed by atoms with Gasteiger partial charge in [0.05, 0.1) is 6.61 Å². The first-order chi connectivity index (χ1) is 7.70. The molecule has 0 atom stereocenters. The van der Waals surface area contributed by atoms with Crippen molar-refractivity contribution >= 4 is 16.5 Å². The van der Waals surface area contributed by atoms with Gasteiger partial charge in [-0.2, -0.15) is 0 Å². The first kappa shape index (κ1) is 11.6. The Morgan fingerprint density at radius 3 is 2.62 bits per heavy atom. The van der Waals surface area contributed by atoms with Crippen LogP contribution in [0.5, 0.6) is 0 Å². The van der Waals surface area contributed by atoms with E-state index in [1.54, 1.807) is 0 Å². The Bertz CT molecular complexity index is 396. The van der Waals surface area contributed by atoms with E-state index in [2.05, 4.69) is 17.9 Å². The fraction of sp³-hybridized carbons (Fsp3) is 0.500. The number of aliphatic hydroxyl groups is 1. The smallest absolute Gasteiger partial charge is 0.0681 e. The second kappa shape index (κ2) is 4.97. The fourth-order valence-corrected chi connectivity index (χ4v) is 3.10. The van der Waals surface area contributed by atoms with Crippen LogP contribution in [0.15, 0.2) is 18.2 Å². The molecule has 4 heteroatoms. The van der Waals surface area contributed by atoms with E-state index in [1.165, 1.54) is 11.3 Å². The summed E-state index contributed by atoms with van der Waals surface area (Å²) in [5, 5.41) is 9.04. The van der Waals surface area contributed by atoms with Crippen molar-refractivity contribution in [1.82, 2.24) is 0 Å². The Labute approximate surface area is 98.5 Å². The van der Waals surface area contributed by atoms with Crippen LogP contribution >= 0.6 is 0 Å². The van der Waals surface area contributed by atoms with Gasteiger partial charge in [-0.1, -0.05) is 12.1 Å². The van der Waals surface area contributed by atoms with Crippen molar-refractivity contribution in [1.29, 1.82) is 0 Å². The summed E-state index contributed by atoms with van der Waals surface area (Å²) in [6.07, 6.45) is 0. The Kier molecular flexibility index (Phi) is 3.61. The molecule has 0 bridgehead atoms. The molecule has 0 radical (unpaired) electrons. The lowest BCUT2D eigenvalue weighted by atomic mass is 10.1. The maximum atomic E-state index is 11.3. The van der Waals surface area contributed by atoms with Gasteiger partial charge in [-0.05, 0) is 24.1 Å². The van der Waals surface area contributed by atoms with Gasteiger partial charge >= 0.3 is 0 Å². The largest absolute Gasteiger partial charge is 0.392 e. The molecule has 0 aromatic heterocycles. The number of anilines is 1. The highest BCUT2D eigenvalue weighted by Gasteiger charge is 2.16. The molecule has 1 fully saturated rings. The third-order valence-electron chi connectivity index (χ3n) is 2.96. The van der Waals surface area contributed by atoms with Crippen LogP contribution in [0.1, 0.15) is 11.1 Å². The van der Waals surface area contributed by atoms with Crippen LogP contribution < -0.4 is 4.90 Å². The van der Waals surface area contributed by atoms with E-state index in [-0.39, 0.29) is 6.61 Å². The quantitative estimate of drug-likeness (QED) is 0.839. The molecule has 1 aliphatic heterocycles. The lowest BCUT2D eigenvalue weighted by molar-refractivity contribution is 0.282. The Morgan fingerprint density at radius 1 is 1.38 bits per heavy atom. The van der Waals surface area contributed by atoms with Crippen molar-refractivity contribution in [3.8, 4) is 0 Å². The van der Waals surface area contributed by atoms with Crippen molar-refractivity contribution in [3.63, 3.8) is 0 Å². The molecule has 0 unspecified atom stereocenters. The molecule has 1 N–H and O–H groups in total. The van der Waals surface area contributed by atoms with Crippen molar-refractivity contribution in [3.05, 3.63) is 29.3 Å². The average Bonchev–Trinajstić information content (AvgIpc) is 2.30. The molecular formula is C12H17NO2S. The maximum absolute atomic E-state index is 11.3. The normalized spacial score (nSPS) is 17.8. The van der Waals surface area contributed by atoms with Crippen LogP contribution in [0.25, 0.3) is 0 Å². The lowest BCUT2D eigenvalue weighted by Gasteiger charge is -2.29. The van der Waals surface area contributed by atoms with Gasteiger partial charge in [-0.15, -0.1) is 0 Å². The third kappa shape index (κ3) is 2.44. The minimum absolute atomic E-state index is 0.0884. The van der Waals surface area contributed by atoms with Crippen LogP contribution in [0.4, 0.5) is 5.69 Å². The molecule has 0 spiro atoms. The minimum Gasteiger partial charge on any atom is -0.392 e. The zero-order valence-electron chi connectivity index (χ0n) is 9.48. The molecule has 1 aromatic rings.